The van der Waals surface area contributed by atoms with E-state index in [-0.39, 0.29) is 19.1 Å². The second-order valence-electron chi connectivity index (χ2n) is 7.01. The standard InChI is InChI=1S/C20H22N2O4S/c23-15(12-26-13-16-7-4-10-27-16)11-22-18(24)20(21-19(22)25)9-3-6-14-5-1-2-8-17(14)20/h1-2,4-5,7-8,10,15,23H,3,6,9,11-13H2,(H,21,25)/t15-,20+/m1/s1. The van der Waals surface area contributed by atoms with Crippen molar-refractivity contribution in [2.75, 3.05) is 13.2 Å². The quantitative estimate of drug-likeness (QED) is 0.748. The molecule has 0 bridgehead atoms. The molecule has 2 aromatic rings. The fourth-order valence-electron chi connectivity index (χ4n) is 3.93. The first-order chi connectivity index (χ1) is 13.1. The lowest BCUT2D eigenvalue weighted by atomic mass is 9.76. The summed E-state index contributed by atoms with van der Waals surface area (Å²) in [5.74, 6) is -0.281. The Morgan fingerprint density at radius 1 is 1.26 bits per heavy atom. The average Bonchev–Trinajstić information content (AvgIpc) is 3.26. The molecule has 0 radical (unpaired) electrons. The molecule has 2 aliphatic rings. The van der Waals surface area contributed by atoms with Gasteiger partial charge in [0.15, 0.2) is 0 Å². The maximum absolute atomic E-state index is 13.1. The molecule has 1 aliphatic carbocycles. The van der Waals surface area contributed by atoms with E-state index < -0.39 is 17.7 Å². The Balaban J connectivity index is 1.43. The van der Waals surface area contributed by atoms with Gasteiger partial charge in [-0.1, -0.05) is 30.3 Å². The highest BCUT2D eigenvalue weighted by molar-refractivity contribution is 7.09. The number of carbonyl (C=O) groups excluding carboxylic acids is 2. The van der Waals surface area contributed by atoms with Gasteiger partial charge in [-0.15, -0.1) is 11.3 Å². The van der Waals surface area contributed by atoms with Crippen LogP contribution >= 0.6 is 11.3 Å². The third-order valence-corrected chi connectivity index (χ3v) is 6.03. The van der Waals surface area contributed by atoms with Gasteiger partial charge in [0, 0.05) is 4.88 Å². The molecule has 0 unspecified atom stereocenters. The number of β-amino-alcohol motifs (C(OH)–C–C–N with tert-alkyl or cyclic N) is 1. The number of imide groups is 1. The van der Waals surface area contributed by atoms with E-state index in [1.54, 1.807) is 11.3 Å². The second kappa shape index (κ2) is 7.42. The van der Waals surface area contributed by atoms with Crippen molar-refractivity contribution < 1.29 is 19.4 Å². The van der Waals surface area contributed by atoms with Gasteiger partial charge in [-0.3, -0.25) is 9.69 Å². The molecule has 6 nitrogen and oxygen atoms in total. The lowest BCUT2D eigenvalue weighted by Gasteiger charge is -2.33. The Labute approximate surface area is 161 Å². The number of rotatable bonds is 6. The van der Waals surface area contributed by atoms with Gasteiger partial charge in [-0.25, -0.2) is 4.79 Å². The number of carbonyl (C=O) groups is 2. The molecule has 27 heavy (non-hydrogen) atoms. The predicted molar refractivity (Wildman–Crippen MR) is 101 cm³/mol. The zero-order chi connectivity index (χ0) is 18.9. The number of hydrogen-bond donors (Lipinski definition) is 2. The minimum absolute atomic E-state index is 0.0680. The minimum atomic E-state index is -0.997. The van der Waals surface area contributed by atoms with E-state index in [1.807, 2.05) is 41.8 Å². The number of aryl methyl sites for hydroxylation is 1. The molecule has 1 saturated heterocycles. The Morgan fingerprint density at radius 3 is 2.93 bits per heavy atom. The Bertz CT molecular complexity index is 838. The first-order valence-electron chi connectivity index (χ1n) is 9.11. The maximum Gasteiger partial charge on any atom is 0.325 e. The first kappa shape index (κ1) is 18.2. The highest BCUT2D eigenvalue weighted by Gasteiger charge is 2.54. The van der Waals surface area contributed by atoms with Crippen molar-refractivity contribution >= 4 is 23.3 Å². The van der Waals surface area contributed by atoms with Gasteiger partial charge in [0.05, 0.1) is 25.9 Å². The summed E-state index contributed by atoms with van der Waals surface area (Å²) < 4.78 is 5.50. The number of urea groups is 1. The van der Waals surface area contributed by atoms with Crippen LogP contribution in [0.25, 0.3) is 0 Å². The predicted octanol–water partition coefficient (Wildman–Crippen LogP) is 2.41. The van der Waals surface area contributed by atoms with Gasteiger partial charge in [-0.2, -0.15) is 0 Å². The Morgan fingerprint density at radius 2 is 2.11 bits per heavy atom. The van der Waals surface area contributed by atoms with Gasteiger partial charge < -0.3 is 15.2 Å². The highest BCUT2D eigenvalue weighted by atomic mass is 32.1. The van der Waals surface area contributed by atoms with Gasteiger partial charge >= 0.3 is 6.03 Å². The molecule has 7 heteroatoms. The summed E-state index contributed by atoms with van der Waals surface area (Å²) in [4.78, 5) is 27.8. The van der Waals surface area contributed by atoms with E-state index in [0.717, 1.165) is 33.7 Å². The van der Waals surface area contributed by atoms with Gasteiger partial charge in [0.1, 0.15) is 5.54 Å². The molecular weight excluding hydrogens is 364 g/mol. The third-order valence-electron chi connectivity index (χ3n) is 5.18. The summed E-state index contributed by atoms with van der Waals surface area (Å²) in [7, 11) is 0. The number of aliphatic hydroxyl groups is 1. The van der Waals surface area contributed by atoms with Crippen LogP contribution in [0.2, 0.25) is 0 Å². The Hall–Kier alpha value is -2.22. The highest BCUT2D eigenvalue weighted by Crippen LogP contribution is 2.39. The van der Waals surface area contributed by atoms with Crippen LogP contribution < -0.4 is 5.32 Å². The fourth-order valence-corrected chi connectivity index (χ4v) is 4.57. The van der Waals surface area contributed by atoms with Crippen LogP contribution in [-0.4, -0.2) is 41.2 Å². The smallest absolute Gasteiger partial charge is 0.325 e. The molecule has 1 aromatic carbocycles. The van der Waals surface area contributed by atoms with Crippen LogP contribution in [0.1, 0.15) is 28.8 Å². The monoisotopic (exact) mass is 386 g/mol. The van der Waals surface area contributed by atoms with Gasteiger partial charge in [0.2, 0.25) is 0 Å². The largest absolute Gasteiger partial charge is 0.389 e. The number of ether oxygens (including phenoxy) is 1. The topological polar surface area (TPSA) is 78.9 Å². The number of amides is 3. The molecule has 1 aromatic heterocycles. The third kappa shape index (κ3) is 3.38. The molecule has 4 rings (SSSR count). The van der Waals surface area contributed by atoms with Crippen molar-refractivity contribution in [3.63, 3.8) is 0 Å². The molecule has 2 atom stereocenters. The molecule has 1 aliphatic heterocycles. The summed E-state index contributed by atoms with van der Waals surface area (Å²) >= 11 is 1.58. The van der Waals surface area contributed by atoms with Gasteiger partial charge in [0.25, 0.3) is 5.91 Å². The van der Waals surface area contributed by atoms with Crippen molar-refractivity contribution in [3.8, 4) is 0 Å². The van der Waals surface area contributed by atoms with Crippen LogP contribution in [0.15, 0.2) is 41.8 Å². The molecule has 1 fully saturated rings. The summed E-state index contributed by atoms with van der Waals surface area (Å²) in [5, 5.41) is 15.1. The molecule has 0 saturated carbocycles. The zero-order valence-corrected chi connectivity index (χ0v) is 15.7. The molecule has 1 spiro atoms. The number of benzene rings is 1. The summed E-state index contributed by atoms with van der Waals surface area (Å²) in [5.41, 5.74) is 0.975. The molecule has 142 valence electrons. The average molecular weight is 386 g/mol. The van der Waals surface area contributed by atoms with Crippen LogP contribution in [0, 0.1) is 0 Å². The maximum atomic E-state index is 13.1. The molecule has 3 amide bonds. The van der Waals surface area contributed by atoms with Crippen LogP contribution in [0.5, 0.6) is 0 Å². The summed E-state index contributed by atoms with van der Waals surface area (Å²) in [6.07, 6.45) is 1.40. The zero-order valence-electron chi connectivity index (χ0n) is 14.9. The van der Waals surface area contributed by atoms with Crippen molar-refractivity contribution in [2.24, 2.45) is 0 Å². The fraction of sp³-hybridized carbons (Fsp3) is 0.400. The lowest BCUT2D eigenvalue weighted by Crippen LogP contribution is -2.47. The second-order valence-corrected chi connectivity index (χ2v) is 8.04. The van der Waals surface area contributed by atoms with E-state index in [9.17, 15) is 14.7 Å². The van der Waals surface area contributed by atoms with Gasteiger partial charge in [-0.05, 0) is 41.8 Å². The summed E-state index contributed by atoms with van der Waals surface area (Å²) in [6.45, 7) is 0.407. The normalized spacial score (nSPS) is 22.8. The lowest BCUT2D eigenvalue weighted by molar-refractivity contribution is -0.133. The van der Waals surface area contributed by atoms with E-state index in [2.05, 4.69) is 5.32 Å². The number of nitrogens with zero attached hydrogens (tertiary/aromatic N) is 1. The van der Waals surface area contributed by atoms with Crippen molar-refractivity contribution in [1.82, 2.24) is 10.2 Å². The molecule has 2 N–H and O–H groups in total. The van der Waals surface area contributed by atoms with E-state index in [0.29, 0.717) is 13.0 Å². The van der Waals surface area contributed by atoms with E-state index >= 15 is 0 Å². The van der Waals surface area contributed by atoms with Crippen LogP contribution in [0.4, 0.5) is 4.79 Å². The van der Waals surface area contributed by atoms with Crippen LogP contribution in [0.3, 0.4) is 0 Å². The number of thiophene rings is 1. The van der Waals surface area contributed by atoms with Crippen molar-refractivity contribution in [3.05, 3.63) is 57.8 Å². The molecule has 2 heterocycles. The summed E-state index contributed by atoms with van der Waals surface area (Å²) in [6, 6.07) is 11.2. The van der Waals surface area contributed by atoms with Crippen molar-refractivity contribution in [2.45, 2.75) is 37.5 Å². The SMILES string of the molecule is O=C1N[C@]2(CCCc3ccccc32)C(=O)N1C[C@@H](O)COCc1cccs1. The minimum Gasteiger partial charge on any atom is -0.389 e. The number of aliphatic hydroxyl groups excluding tert-OH is 1. The Kier molecular flexibility index (Phi) is 4.99. The van der Waals surface area contributed by atoms with Crippen LogP contribution in [-0.2, 0) is 28.1 Å². The molecular formula is C20H22N2O4S. The van der Waals surface area contributed by atoms with Crippen molar-refractivity contribution in [1.29, 1.82) is 0 Å². The van der Waals surface area contributed by atoms with E-state index in [1.165, 1.54) is 0 Å². The number of fused-ring (bicyclic) bond motifs is 2. The number of nitrogens with one attached hydrogen (secondary N) is 1. The first-order valence-corrected chi connectivity index (χ1v) is 9.99. The number of hydrogen-bond acceptors (Lipinski definition) is 5. The van der Waals surface area contributed by atoms with E-state index in [4.69, 9.17) is 4.74 Å².